The van der Waals surface area contributed by atoms with Gasteiger partial charge in [0.05, 0.1) is 32.4 Å². The number of nitrogens with one attached hydrogen (secondary N) is 11. The van der Waals surface area contributed by atoms with Crippen molar-refractivity contribution in [3.8, 4) is 11.5 Å². The van der Waals surface area contributed by atoms with Crippen molar-refractivity contribution in [1.29, 1.82) is 0 Å². The Kier molecular flexibility index (Phi) is 18.5. The fourth-order valence-corrected chi connectivity index (χ4v) is 8.50. The minimum Gasteiger partial charge on any atom is -0.493 e. The maximum Gasteiger partial charge on any atom is 0.324 e. The standard InChI is InChI=1S/C24H26N6O4.C19H21N9O2.C19H20N8O2/c1-24(2,3)20-12-21(30-34-20)29-23(31)28-15-8-6-14(7-9-15)27-22-16-10-18(32-4)19(33-5)11-17(16)25-13-26-22;1-19(2,3)12-8-13(28-30-12)25-18(29)24-11-6-4-10(5-7-11)23-16-14-15(22-9-21-14)26-17(20)27-16;1-19(2,3)13-8-14(27-29-13)26-18(28)25-12-6-4-11(5-7-12)24-17-15-16(21-9-20-15)22-10-23-17/h6-13H,1-5H3,(H,25,26,27)(H2,28,29,30,31);4-9H,1-3H3,(H2,24,25,28,29)(H4,20,21,22,23,26,27);4-10H,1-3H3,(H2,25,26,27,28)(H2,20,21,22,23,24). The zero-order valence-corrected chi connectivity index (χ0v) is 52.4. The van der Waals surface area contributed by atoms with Crippen LogP contribution in [0.25, 0.3) is 33.2 Å². The minimum atomic E-state index is -0.424. The summed E-state index contributed by atoms with van der Waals surface area (Å²) in [6.45, 7) is 18.0. The molecule has 0 aliphatic carbocycles. The molecule has 4 aromatic carbocycles. The zero-order chi connectivity index (χ0) is 66.0. The van der Waals surface area contributed by atoms with Crippen molar-refractivity contribution in [2.24, 2.45) is 0 Å². The van der Waals surface area contributed by atoms with Gasteiger partial charge in [-0.3, -0.25) is 16.0 Å². The fraction of sp³-hybridized carbons (Fsp3) is 0.226. The van der Waals surface area contributed by atoms with Gasteiger partial charge in [0.25, 0.3) is 0 Å². The Morgan fingerprint density at radius 1 is 0.430 bits per heavy atom. The molecule has 8 heterocycles. The number of H-pyrrole nitrogens is 2. The molecule has 12 rings (SSSR count). The molecule has 0 saturated heterocycles. The van der Waals surface area contributed by atoms with Crippen molar-refractivity contribution in [2.45, 2.75) is 78.6 Å². The van der Waals surface area contributed by atoms with Gasteiger partial charge in [-0.25, -0.2) is 44.3 Å². The summed E-state index contributed by atoms with van der Waals surface area (Å²) in [6.07, 6.45) is 6.01. The fourth-order valence-electron chi connectivity index (χ4n) is 8.50. The number of aromatic amines is 2. The summed E-state index contributed by atoms with van der Waals surface area (Å²) in [4.78, 5) is 76.1. The molecule has 0 aliphatic rings. The molecule has 0 bridgehead atoms. The van der Waals surface area contributed by atoms with E-state index in [1.165, 1.54) is 19.0 Å². The Hall–Kier alpha value is -12.4. The molecule has 0 radical (unpaired) electrons. The summed E-state index contributed by atoms with van der Waals surface area (Å²) < 4.78 is 26.5. The highest BCUT2D eigenvalue weighted by molar-refractivity contribution is 6.01. The van der Waals surface area contributed by atoms with Crippen molar-refractivity contribution in [3.05, 3.63) is 146 Å². The number of nitrogens with zero attached hydrogens (tertiary/aromatic N) is 11. The molecule has 12 aromatic rings. The van der Waals surface area contributed by atoms with Crippen LogP contribution in [0.1, 0.15) is 79.6 Å². The first kappa shape index (κ1) is 63.6. The van der Waals surface area contributed by atoms with Crippen LogP contribution in [0.15, 0.2) is 142 Å². The molecule has 0 aliphatic heterocycles. The van der Waals surface area contributed by atoms with E-state index in [2.05, 4.69) is 113 Å². The van der Waals surface area contributed by atoms with Crippen molar-refractivity contribution < 1.29 is 37.4 Å². The highest BCUT2D eigenvalue weighted by Gasteiger charge is 2.23. The molecule has 6 amide bonds. The number of nitrogen functional groups attached to an aromatic ring is 1. The van der Waals surface area contributed by atoms with Gasteiger partial charge >= 0.3 is 18.1 Å². The molecule has 31 nitrogen and oxygen atoms in total. The number of rotatable bonds is 14. The van der Waals surface area contributed by atoms with E-state index in [-0.39, 0.29) is 22.2 Å². The van der Waals surface area contributed by atoms with Crippen molar-refractivity contribution in [2.75, 3.05) is 67.8 Å². The number of nitrogens with two attached hydrogens (primary N) is 1. The van der Waals surface area contributed by atoms with Gasteiger partial charge in [0.1, 0.15) is 46.8 Å². The lowest BCUT2D eigenvalue weighted by Crippen LogP contribution is -2.19. The Morgan fingerprint density at radius 3 is 1.24 bits per heavy atom. The average Bonchev–Trinajstić information content (AvgIpc) is 1.81. The summed E-state index contributed by atoms with van der Waals surface area (Å²) in [5.41, 5.74) is 12.5. The van der Waals surface area contributed by atoms with Crippen molar-refractivity contribution >= 4 is 126 Å². The predicted octanol–water partition coefficient (Wildman–Crippen LogP) is 13.0. The molecular weight excluding hydrogens is 1190 g/mol. The van der Waals surface area contributed by atoms with Crippen LogP contribution in [0.3, 0.4) is 0 Å². The molecule has 0 fully saturated rings. The largest absolute Gasteiger partial charge is 0.493 e. The number of imidazole rings is 2. The highest BCUT2D eigenvalue weighted by Crippen LogP contribution is 2.35. The van der Waals surface area contributed by atoms with E-state index in [4.69, 9.17) is 28.8 Å². The lowest BCUT2D eigenvalue weighted by molar-refractivity contribution is 0.261. The van der Waals surface area contributed by atoms with E-state index in [1.54, 1.807) is 93.3 Å². The summed E-state index contributed by atoms with van der Waals surface area (Å²) in [5, 5.41) is 38.3. The monoisotopic (exact) mass is 1260 g/mol. The van der Waals surface area contributed by atoms with Crippen LogP contribution in [0.4, 0.5) is 89.4 Å². The number of urea groups is 3. The second-order valence-electron chi connectivity index (χ2n) is 23.6. The SMILES string of the molecule is CC(C)(C)c1cc(NC(=O)Nc2ccc(Nc3nc(N)nc4nc[nH]c34)cc2)no1.CC(C)(C)c1cc(NC(=O)Nc2ccc(Nc3ncnc4nc[nH]c34)cc2)no1.COc1cc2ncnc(Nc3ccc(NC(=O)Nc4cc(C(C)(C)C)on4)cc3)c2cc1OC. The van der Waals surface area contributed by atoms with Gasteiger partial charge in [-0.1, -0.05) is 77.8 Å². The number of carbonyl (C=O) groups excluding carboxylic acids is 3. The molecule has 93 heavy (non-hydrogen) atoms. The van der Waals surface area contributed by atoms with E-state index in [0.29, 0.717) is 103 Å². The van der Waals surface area contributed by atoms with Crippen LogP contribution < -0.4 is 63.1 Å². The first-order valence-corrected chi connectivity index (χ1v) is 28.7. The molecule has 13 N–H and O–H groups in total. The van der Waals surface area contributed by atoms with E-state index in [1.807, 2.05) is 92.6 Å². The molecule has 478 valence electrons. The third kappa shape index (κ3) is 16.5. The van der Waals surface area contributed by atoms with E-state index < -0.39 is 18.1 Å². The van der Waals surface area contributed by atoms with Gasteiger partial charge < -0.3 is 70.6 Å². The molecule has 0 atom stereocenters. The maximum atomic E-state index is 12.3. The molecule has 0 saturated carbocycles. The number of anilines is 13. The van der Waals surface area contributed by atoms with Crippen LogP contribution in [-0.2, 0) is 16.2 Å². The second kappa shape index (κ2) is 27.1. The number of amides is 6. The lowest BCUT2D eigenvalue weighted by atomic mass is 9.93. The third-order valence-electron chi connectivity index (χ3n) is 13.4. The van der Waals surface area contributed by atoms with Gasteiger partial charge in [-0.15, -0.1) is 0 Å². The lowest BCUT2D eigenvalue weighted by Gasteiger charge is -2.12. The summed E-state index contributed by atoms with van der Waals surface area (Å²) in [6, 6.07) is 29.0. The number of hydrogen-bond donors (Lipinski definition) is 12. The number of ether oxygens (including phenoxy) is 2. The van der Waals surface area contributed by atoms with Crippen LogP contribution in [-0.4, -0.2) is 97.6 Å². The minimum absolute atomic E-state index is 0.120. The quantitative estimate of drug-likeness (QED) is 0.0481. The van der Waals surface area contributed by atoms with Gasteiger partial charge in [0.15, 0.2) is 51.9 Å². The smallest absolute Gasteiger partial charge is 0.324 e. The Balaban J connectivity index is 0.000000153. The van der Waals surface area contributed by atoms with Gasteiger partial charge in [-0.05, 0) is 78.9 Å². The first-order valence-electron chi connectivity index (χ1n) is 28.7. The molecule has 31 heteroatoms. The number of methoxy groups -OCH3 is 2. The number of fused-ring (bicyclic) bond motifs is 3. The highest BCUT2D eigenvalue weighted by atomic mass is 16.5. The zero-order valence-electron chi connectivity index (χ0n) is 52.4. The van der Waals surface area contributed by atoms with E-state index >= 15 is 0 Å². The molecule has 0 spiro atoms. The first-order chi connectivity index (χ1) is 44.4. The molecule has 0 unspecified atom stereocenters. The van der Waals surface area contributed by atoms with Crippen LogP contribution in [0.5, 0.6) is 11.5 Å². The number of hydrogen-bond acceptors (Lipinski definition) is 23. The van der Waals surface area contributed by atoms with Gasteiger partial charge in [-0.2, -0.15) is 9.97 Å². The summed E-state index contributed by atoms with van der Waals surface area (Å²) in [5.74, 6) is 6.16. The van der Waals surface area contributed by atoms with Gasteiger partial charge in [0.2, 0.25) is 5.95 Å². The predicted molar refractivity (Wildman–Crippen MR) is 353 cm³/mol. The Bertz CT molecular complexity index is 4560. The van der Waals surface area contributed by atoms with Crippen LogP contribution >= 0.6 is 0 Å². The van der Waals surface area contributed by atoms with Crippen molar-refractivity contribution in [1.82, 2.24) is 65.3 Å². The number of benzene rings is 4. The number of aromatic nitrogens is 13. The molecule has 8 aromatic heterocycles. The van der Waals surface area contributed by atoms with E-state index in [0.717, 1.165) is 28.0 Å². The average molecular weight is 1260 g/mol. The summed E-state index contributed by atoms with van der Waals surface area (Å²) >= 11 is 0. The van der Waals surface area contributed by atoms with Gasteiger partial charge in [0, 0.05) is 80.0 Å². The van der Waals surface area contributed by atoms with E-state index in [9.17, 15) is 14.4 Å². The Labute approximate surface area is 530 Å². The second-order valence-corrected chi connectivity index (χ2v) is 23.6. The third-order valence-corrected chi connectivity index (χ3v) is 13.4. The van der Waals surface area contributed by atoms with Crippen LogP contribution in [0, 0.1) is 0 Å². The number of carbonyl (C=O) groups is 3. The topological polar surface area (TPSA) is 417 Å². The maximum absolute atomic E-state index is 12.3. The summed E-state index contributed by atoms with van der Waals surface area (Å²) in [7, 11) is 3.16. The van der Waals surface area contributed by atoms with Crippen molar-refractivity contribution in [3.63, 3.8) is 0 Å². The Morgan fingerprint density at radius 2 is 0.806 bits per heavy atom. The normalized spacial score (nSPS) is 11.3. The molecular formula is C62H67N23O8. The van der Waals surface area contributed by atoms with Crippen LogP contribution in [0.2, 0.25) is 0 Å².